The van der Waals surface area contributed by atoms with E-state index in [0.717, 1.165) is 11.8 Å². The molecule has 0 aromatic rings. The second kappa shape index (κ2) is 4.79. The zero-order valence-electron chi connectivity index (χ0n) is 8.42. The summed E-state index contributed by atoms with van der Waals surface area (Å²) < 4.78 is 1.78. The molecule has 0 spiro atoms. The van der Waals surface area contributed by atoms with E-state index in [-0.39, 0.29) is 0 Å². The van der Waals surface area contributed by atoms with E-state index >= 15 is 0 Å². The molecule has 0 radical (unpaired) electrons. The molecule has 0 N–H and O–H groups in total. The van der Waals surface area contributed by atoms with Crippen LogP contribution in [0.4, 0.5) is 0 Å². The molecule has 1 aliphatic heterocycles. The van der Waals surface area contributed by atoms with Crippen molar-refractivity contribution in [2.24, 2.45) is 11.8 Å². The fraction of sp³-hybridized carbons (Fsp3) is 0.909. The Labute approximate surface area is 89.8 Å². The molecule has 1 fully saturated rings. The van der Waals surface area contributed by atoms with Crippen LogP contribution >= 0.6 is 11.8 Å². The van der Waals surface area contributed by atoms with Crippen LogP contribution < -0.4 is 0 Å². The van der Waals surface area contributed by atoms with Crippen molar-refractivity contribution >= 4 is 27.3 Å². The van der Waals surface area contributed by atoms with Crippen molar-refractivity contribution in [3.63, 3.8) is 0 Å². The summed E-state index contributed by atoms with van der Waals surface area (Å²) in [7, 11) is 0. The van der Waals surface area contributed by atoms with Gasteiger partial charge >= 0.3 is 0 Å². The van der Waals surface area contributed by atoms with Crippen molar-refractivity contribution in [1.29, 1.82) is 0 Å². The van der Waals surface area contributed by atoms with Crippen LogP contribution in [0.2, 0.25) is 0 Å². The third-order valence-electron chi connectivity index (χ3n) is 3.13. The topological polar surface area (TPSA) is 0 Å². The normalized spacial score (nSPS) is 35.6. The molecule has 0 aromatic carbocycles. The van der Waals surface area contributed by atoms with E-state index in [1.165, 1.54) is 43.6 Å². The first-order valence-electron chi connectivity index (χ1n) is 5.48. The first kappa shape index (κ1) is 9.97. The lowest BCUT2D eigenvalue weighted by atomic mass is 9.84. The summed E-state index contributed by atoms with van der Waals surface area (Å²) in [5.41, 5.74) is 0. The molecule has 0 amide bonds. The van der Waals surface area contributed by atoms with Crippen LogP contribution in [0.1, 0.15) is 39.0 Å². The summed E-state index contributed by atoms with van der Waals surface area (Å²) in [6.07, 6.45) is 7.29. The highest BCUT2D eigenvalue weighted by atomic mass is 32.2. The summed E-state index contributed by atoms with van der Waals surface area (Å²) >= 11 is 4.30. The van der Waals surface area contributed by atoms with E-state index in [9.17, 15) is 0 Å². The standard InChI is InChI=1S/C11H19S2/c1-9-3-5-10(6-4-9)11-12-7-2-8-13-11/h9-10H,2-8H2,1H3/q+1. The maximum Gasteiger partial charge on any atom is 0.237 e. The van der Waals surface area contributed by atoms with Gasteiger partial charge in [0.05, 0.1) is 0 Å². The summed E-state index contributed by atoms with van der Waals surface area (Å²) in [6, 6.07) is 0. The van der Waals surface area contributed by atoms with Crippen LogP contribution in [-0.4, -0.2) is 15.7 Å². The van der Waals surface area contributed by atoms with Crippen LogP contribution in [0.3, 0.4) is 0 Å². The molecule has 2 aliphatic rings. The van der Waals surface area contributed by atoms with Gasteiger partial charge in [0.2, 0.25) is 4.20 Å². The minimum absolute atomic E-state index is 0.964. The molecule has 1 saturated carbocycles. The van der Waals surface area contributed by atoms with E-state index in [1.54, 1.807) is 4.20 Å². The lowest BCUT2D eigenvalue weighted by molar-refractivity contribution is 0.348. The van der Waals surface area contributed by atoms with Crippen LogP contribution in [0, 0.1) is 11.8 Å². The SMILES string of the molecule is CC1CCC(C2=[S+]CCCS2)CC1. The largest absolute Gasteiger partial charge is 0.237 e. The van der Waals surface area contributed by atoms with Crippen molar-refractivity contribution in [2.45, 2.75) is 39.0 Å². The molecule has 13 heavy (non-hydrogen) atoms. The molecule has 74 valence electrons. The molecule has 1 aliphatic carbocycles. The highest BCUT2D eigenvalue weighted by Crippen LogP contribution is 2.32. The fourth-order valence-electron chi connectivity index (χ4n) is 2.18. The Morgan fingerprint density at radius 1 is 1.23 bits per heavy atom. The molecule has 0 bridgehead atoms. The molecule has 1 heterocycles. The van der Waals surface area contributed by atoms with Gasteiger partial charge in [-0.3, -0.25) is 0 Å². The fourth-order valence-corrected chi connectivity index (χ4v) is 5.12. The Balaban J connectivity index is 1.89. The highest BCUT2D eigenvalue weighted by Gasteiger charge is 2.29. The van der Waals surface area contributed by atoms with Gasteiger partial charge in [-0.25, -0.2) is 0 Å². The van der Waals surface area contributed by atoms with E-state index in [2.05, 4.69) is 30.0 Å². The van der Waals surface area contributed by atoms with Crippen LogP contribution in [-0.2, 0) is 11.4 Å². The van der Waals surface area contributed by atoms with Gasteiger partial charge in [-0.05, 0) is 31.6 Å². The van der Waals surface area contributed by atoms with Gasteiger partial charge in [-0.2, -0.15) is 0 Å². The Morgan fingerprint density at radius 3 is 2.62 bits per heavy atom. The van der Waals surface area contributed by atoms with Gasteiger partial charge in [-0.1, -0.05) is 18.7 Å². The van der Waals surface area contributed by atoms with Crippen molar-refractivity contribution < 1.29 is 0 Å². The van der Waals surface area contributed by atoms with Gasteiger partial charge in [0, 0.05) is 18.1 Å². The second-order valence-electron chi connectivity index (χ2n) is 4.33. The van der Waals surface area contributed by atoms with Crippen molar-refractivity contribution in [1.82, 2.24) is 0 Å². The Bertz CT molecular complexity index is 190. The number of hydrogen-bond donors (Lipinski definition) is 0. The summed E-state index contributed by atoms with van der Waals surface area (Å²) in [5, 5.41) is 0. The lowest BCUT2D eigenvalue weighted by Gasteiger charge is -2.24. The number of rotatable bonds is 1. The monoisotopic (exact) mass is 215 g/mol. The lowest BCUT2D eigenvalue weighted by Crippen LogP contribution is -2.22. The second-order valence-corrected chi connectivity index (χ2v) is 6.86. The van der Waals surface area contributed by atoms with Crippen LogP contribution in [0.25, 0.3) is 0 Å². The van der Waals surface area contributed by atoms with Gasteiger partial charge in [-0.15, -0.1) is 0 Å². The smallest absolute Gasteiger partial charge is 0.0694 e. The summed E-state index contributed by atoms with van der Waals surface area (Å²) in [5.74, 6) is 4.73. The minimum Gasteiger partial charge on any atom is -0.0694 e. The van der Waals surface area contributed by atoms with Gasteiger partial charge < -0.3 is 0 Å². The zero-order chi connectivity index (χ0) is 9.10. The van der Waals surface area contributed by atoms with E-state index < -0.39 is 0 Å². The molecule has 0 unspecified atom stereocenters. The van der Waals surface area contributed by atoms with E-state index in [4.69, 9.17) is 0 Å². The molecular formula is C11H19S2+. The first-order valence-corrected chi connectivity index (χ1v) is 7.46. The van der Waals surface area contributed by atoms with E-state index in [0.29, 0.717) is 0 Å². The maximum absolute atomic E-state index is 2.40. The van der Waals surface area contributed by atoms with Crippen molar-refractivity contribution in [3.05, 3.63) is 0 Å². The Hall–Kier alpha value is 0.440. The van der Waals surface area contributed by atoms with Crippen molar-refractivity contribution in [3.8, 4) is 0 Å². The predicted molar refractivity (Wildman–Crippen MR) is 65.4 cm³/mol. The summed E-state index contributed by atoms with van der Waals surface area (Å²) in [4.78, 5) is 0. The zero-order valence-corrected chi connectivity index (χ0v) is 10.1. The minimum atomic E-state index is 0.964. The van der Waals surface area contributed by atoms with Gasteiger partial charge in [0.25, 0.3) is 0 Å². The van der Waals surface area contributed by atoms with E-state index in [1.807, 2.05) is 0 Å². The molecule has 0 aromatic heterocycles. The average molecular weight is 215 g/mol. The first-order chi connectivity index (χ1) is 6.36. The average Bonchev–Trinajstić information content (AvgIpc) is 2.20. The van der Waals surface area contributed by atoms with Gasteiger partial charge in [0.1, 0.15) is 0 Å². The molecule has 0 atom stereocenters. The maximum atomic E-state index is 2.40. The summed E-state index contributed by atoms with van der Waals surface area (Å²) in [6.45, 7) is 2.40. The quantitative estimate of drug-likeness (QED) is 0.478. The highest BCUT2D eigenvalue weighted by molar-refractivity contribution is 8.23. The van der Waals surface area contributed by atoms with Crippen LogP contribution in [0.15, 0.2) is 0 Å². The number of hydrogen-bond acceptors (Lipinski definition) is 1. The Kier molecular flexibility index (Phi) is 3.67. The van der Waals surface area contributed by atoms with Crippen LogP contribution in [0.5, 0.6) is 0 Å². The molecule has 2 heteroatoms. The Morgan fingerprint density at radius 2 is 2.00 bits per heavy atom. The third-order valence-corrected chi connectivity index (χ3v) is 6.05. The molecule has 0 nitrogen and oxygen atoms in total. The molecule has 2 rings (SSSR count). The third kappa shape index (κ3) is 2.69. The predicted octanol–water partition coefficient (Wildman–Crippen LogP) is 3.16. The molecule has 0 saturated heterocycles. The molecular weight excluding hydrogens is 196 g/mol. The number of thioether (sulfide) groups is 1. The van der Waals surface area contributed by atoms with Gasteiger partial charge in [0.15, 0.2) is 17.1 Å². The van der Waals surface area contributed by atoms with Crippen molar-refractivity contribution in [2.75, 3.05) is 11.5 Å².